The Kier molecular flexibility index (Phi) is 5.14. The van der Waals surface area contributed by atoms with Crippen LogP contribution in [0, 0.1) is 0 Å². The monoisotopic (exact) mass is 293 g/mol. The van der Waals surface area contributed by atoms with E-state index in [1.807, 2.05) is 0 Å². The van der Waals surface area contributed by atoms with Crippen LogP contribution in [-0.2, 0) is 22.5 Å². The van der Waals surface area contributed by atoms with Gasteiger partial charge in [-0.2, -0.15) is 4.98 Å². The second-order valence-electron chi connectivity index (χ2n) is 3.72. The maximum atomic E-state index is 12.3. The molecule has 0 atom stereocenters. The minimum atomic E-state index is -4.95. The molecule has 0 aliphatic carbocycles. The van der Waals surface area contributed by atoms with E-state index < -0.39 is 24.6 Å². The molecular weight excluding hydrogens is 279 g/mol. The molecule has 0 saturated heterocycles. The fraction of sp³-hybridized carbons (Fsp3) is 0.455. The zero-order chi connectivity index (χ0) is 15.3. The minimum absolute atomic E-state index is 0.0857. The third-order valence-corrected chi connectivity index (χ3v) is 2.26. The normalized spacial score (nSPS) is 11.2. The summed E-state index contributed by atoms with van der Waals surface area (Å²) < 4.78 is 45.4. The molecule has 112 valence electrons. The zero-order valence-corrected chi connectivity index (χ0v) is 10.7. The quantitative estimate of drug-likeness (QED) is 0.789. The van der Waals surface area contributed by atoms with Crippen molar-refractivity contribution in [1.82, 2.24) is 4.98 Å². The van der Waals surface area contributed by atoms with E-state index in [4.69, 9.17) is 11.5 Å². The molecule has 0 bridgehead atoms. The number of pyridine rings is 1. The van der Waals surface area contributed by atoms with Gasteiger partial charge in [0.25, 0.3) is 0 Å². The molecule has 1 rings (SSSR count). The first kappa shape index (κ1) is 16.0. The lowest BCUT2D eigenvalue weighted by Gasteiger charge is -2.15. The maximum Gasteiger partial charge on any atom is 0.574 e. The van der Waals surface area contributed by atoms with E-state index in [0.717, 1.165) is 0 Å². The number of rotatable bonds is 5. The Morgan fingerprint density at radius 1 is 1.45 bits per heavy atom. The highest BCUT2D eigenvalue weighted by molar-refractivity contribution is 5.74. The summed E-state index contributed by atoms with van der Waals surface area (Å²) in [6, 6.07) is 1.29. The summed E-state index contributed by atoms with van der Waals surface area (Å²) in [5.74, 6) is -1.68. The van der Waals surface area contributed by atoms with Gasteiger partial charge in [0.15, 0.2) is 0 Å². The highest BCUT2D eigenvalue weighted by atomic mass is 19.4. The first-order chi connectivity index (χ1) is 9.26. The summed E-state index contributed by atoms with van der Waals surface area (Å²) in [7, 11) is 0. The number of hydrogen-bond donors (Lipinski definition) is 2. The molecule has 0 aliphatic heterocycles. The number of nitrogens with two attached hydrogens (primary N) is 2. The van der Waals surface area contributed by atoms with Crippen LogP contribution < -0.4 is 16.2 Å². The topological polar surface area (TPSA) is 100 Å². The second kappa shape index (κ2) is 6.42. The fourth-order valence-electron chi connectivity index (χ4n) is 1.54. The predicted octanol–water partition coefficient (Wildman–Crippen LogP) is 1.13. The molecule has 1 aromatic heterocycles. The Hall–Kier alpha value is -2.03. The summed E-state index contributed by atoms with van der Waals surface area (Å²) in [4.78, 5) is 14.9. The van der Waals surface area contributed by atoms with E-state index in [1.54, 1.807) is 6.92 Å². The van der Waals surface area contributed by atoms with Gasteiger partial charge in [0.2, 0.25) is 5.88 Å². The largest absolute Gasteiger partial charge is 0.574 e. The average Bonchev–Trinajstić information content (AvgIpc) is 2.30. The SMILES string of the molecule is CCOC(=O)Cc1c(CN)cc(N)nc1OC(F)(F)F. The number of alkyl halides is 3. The lowest BCUT2D eigenvalue weighted by atomic mass is 10.1. The van der Waals surface area contributed by atoms with E-state index in [9.17, 15) is 18.0 Å². The summed E-state index contributed by atoms with van der Waals surface area (Å²) in [5.41, 5.74) is 11.0. The molecule has 0 fully saturated rings. The maximum absolute atomic E-state index is 12.3. The molecule has 20 heavy (non-hydrogen) atoms. The van der Waals surface area contributed by atoms with Gasteiger partial charge >= 0.3 is 12.3 Å². The molecule has 0 amide bonds. The summed E-state index contributed by atoms with van der Waals surface area (Å²) in [6.07, 6.45) is -5.38. The molecule has 6 nitrogen and oxygen atoms in total. The van der Waals surface area contributed by atoms with Crippen LogP contribution in [0.2, 0.25) is 0 Å². The average molecular weight is 293 g/mol. The van der Waals surface area contributed by atoms with Gasteiger partial charge in [0.1, 0.15) is 5.82 Å². The van der Waals surface area contributed by atoms with Gasteiger partial charge in [-0.1, -0.05) is 0 Å². The number of carbonyl (C=O) groups excluding carboxylic acids is 1. The molecule has 0 unspecified atom stereocenters. The molecule has 4 N–H and O–H groups in total. The van der Waals surface area contributed by atoms with Gasteiger partial charge in [-0.25, -0.2) is 0 Å². The molecule has 0 aliphatic rings. The van der Waals surface area contributed by atoms with Crippen LogP contribution in [0.15, 0.2) is 6.07 Å². The molecule has 9 heteroatoms. The van der Waals surface area contributed by atoms with E-state index >= 15 is 0 Å². The van der Waals surface area contributed by atoms with Crippen molar-refractivity contribution in [2.75, 3.05) is 12.3 Å². The number of ether oxygens (including phenoxy) is 2. The summed E-state index contributed by atoms with van der Waals surface area (Å²) in [6.45, 7) is 1.57. The van der Waals surface area contributed by atoms with E-state index in [2.05, 4.69) is 14.5 Å². The van der Waals surface area contributed by atoms with Crippen molar-refractivity contribution in [3.8, 4) is 5.88 Å². The number of nitrogens with zero attached hydrogens (tertiary/aromatic N) is 1. The zero-order valence-electron chi connectivity index (χ0n) is 10.7. The van der Waals surface area contributed by atoms with Crippen LogP contribution in [0.25, 0.3) is 0 Å². The lowest BCUT2D eigenvalue weighted by Crippen LogP contribution is -2.21. The number of halogens is 3. The Labute approximate surface area is 112 Å². The molecule has 1 aromatic rings. The van der Waals surface area contributed by atoms with Crippen LogP contribution in [0.3, 0.4) is 0 Å². The number of carbonyl (C=O) groups is 1. The van der Waals surface area contributed by atoms with Crippen molar-refractivity contribution in [2.24, 2.45) is 5.73 Å². The molecule has 0 spiro atoms. The first-order valence-electron chi connectivity index (χ1n) is 5.66. The Bertz CT molecular complexity index is 492. The van der Waals surface area contributed by atoms with Crippen LogP contribution in [0.5, 0.6) is 5.88 Å². The Morgan fingerprint density at radius 3 is 2.60 bits per heavy atom. The van der Waals surface area contributed by atoms with Crippen molar-refractivity contribution in [2.45, 2.75) is 26.3 Å². The van der Waals surface area contributed by atoms with Crippen LogP contribution in [0.1, 0.15) is 18.1 Å². The van der Waals surface area contributed by atoms with Gasteiger partial charge < -0.3 is 20.9 Å². The summed E-state index contributed by atoms with van der Waals surface area (Å²) in [5, 5.41) is 0. The summed E-state index contributed by atoms with van der Waals surface area (Å²) >= 11 is 0. The molecule has 1 heterocycles. The van der Waals surface area contributed by atoms with Gasteiger partial charge in [0.05, 0.1) is 13.0 Å². The smallest absolute Gasteiger partial charge is 0.466 e. The first-order valence-corrected chi connectivity index (χ1v) is 5.66. The van der Waals surface area contributed by atoms with E-state index in [1.165, 1.54) is 6.07 Å². The number of anilines is 1. The van der Waals surface area contributed by atoms with Crippen molar-refractivity contribution < 1.29 is 27.4 Å². The molecule has 0 radical (unpaired) electrons. The van der Waals surface area contributed by atoms with E-state index in [0.29, 0.717) is 0 Å². The lowest BCUT2D eigenvalue weighted by molar-refractivity contribution is -0.276. The molecule has 0 aromatic carbocycles. The van der Waals surface area contributed by atoms with Gasteiger partial charge in [-0.05, 0) is 18.6 Å². The third kappa shape index (κ3) is 4.57. The number of hydrogen-bond acceptors (Lipinski definition) is 6. The number of esters is 1. The standard InChI is InChI=1S/C11H14F3N3O3/c1-2-19-9(18)4-7-6(5-15)3-8(16)17-10(7)20-11(12,13)14/h3H,2,4-5,15H2,1H3,(H2,16,17). The Balaban J connectivity index is 3.18. The molecule has 0 saturated carbocycles. The fourth-order valence-corrected chi connectivity index (χ4v) is 1.54. The highest BCUT2D eigenvalue weighted by Crippen LogP contribution is 2.28. The molecular formula is C11H14F3N3O3. The van der Waals surface area contributed by atoms with Crippen LogP contribution in [0.4, 0.5) is 19.0 Å². The van der Waals surface area contributed by atoms with Crippen LogP contribution in [-0.4, -0.2) is 23.9 Å². The number of nitrogen functional groups attached to an aromatic ring is 1. The van der Waals surface area contributed by atoms with Gasteiger partial charge in [0, 0.05) is 12.1 Å². The number of aromatic nitrogens is 1. The minimum Gasteiger partial charge on any atom is -0.466 e. The van der Waals surface area contributed by atoms with Gasteiger partial charge in [-0.3, -0.25) is 4.79 Å². The van der Waals surface area contributed by atoms with Crippen molar-refractivity contribution in [1.29, 1.82) is 0 Å². The van der Waals surface area contributed by atoms with Crippen molar-refractivity contribution in [3.63, 3.8) is 0 Å². The van der Waals surface area contributed by atoms with E-state index in [-0.39, 0.29) is 30.1 Å². The third-order valence-electron chi connectivity index (χ3n) is 2.26. The highest BCUT2D eigenvalue weighted by Gasteiger charge is 2.34. The van der Waals surface area contributed by atoms with Gasteiger partial charge in [-0.15, -0.1) is 13.2 Å². The Morgan fingerprint density at radius 2 is 2.10 bits per heavy atom. The van der Waals surface area contributed by atoms with Crippen molar-refractivity contribution in [3.05, 3.63) is 17.2 Å². The van der Waals surface area contributed by atoms with Crippen molar-refractivity contribution >= 4 is 11.8 Å². The second-order valence-corrected chi connectivity index (χ2v) is 3.72. The predicted molar refractivity (Wildman–Crippen MR) is 63.6 cm³/mol. The van der Waals surface area contributed by atoms with Crippen LogP contribution >= 0.6 is 0 Å².